The number of carbonyl (C=O) groups excluding carboxylic acids is 2. The van der Waals surface area contributed by atoms with E-state index in [-0.39, 0.29) is 27.7 Å². The molecule has 1 spiro atoms. The molecule has 2 fully saturated rings. The summed E-state index contributed by atoms with van der Waals surface area (Å²) in [5.74, 6) is -1.90. The van der Waals surface area contributed by atoms with Crippen molar-refractivity contribution in [2.45, 2.75) is 37.9 Å². The summed E-state index contributed by atoms with van der Waals surface area (Å²) in [4.78, 5) is 31.5. The highest BCUT2D eigenvalue weighted by Crippen LogP contribution is 2.48. The van der Waals surface area contributed by atoms with E-state index in [1.807, 2.05) is 0 Å². The van der Waals surface area contributed by atoms with Gasteiger partial charge in [0.1, 0.15) is 11.4 Å². The molecule has 1 saturated carbocycles. The number of hydrogen-bond acceptors (Lipinski definition) is 4. The van der Waals surface area contributed by atoms with Crippen molar-refractivity contribution < 1.29 is 27.2 Å². The Morgan fingerprint density at radius 3 is 2.44 bits per heavy atom. The average molecular weight is 466 g/mol. The molecule has 1 aromatic heterocycles. The lowest BCUT2D eigenvalue weighted by Crippen LogP contribution is -2.55. The average Bonchev–Trinajstić information content (AvgIpc) is 2.94. The second-order valence-electron chi connectivity index (χ2n) is 7.71. The van der Waals surface area contributed by atoms with Gasteiger partial charge in [-0.1, -0.05) is 0 Å². The van der Waals surface area contributed by atoms with E-state index in [0.717, 1.165) is 17.0 Å². The number of amides is 2. The van der Waals surface area contributed by atoms with Gasteiger partial charge >= 0.3 is 6.18 Å². The molecule has 1 aromatic carbocycles. The number of thiocarbonyl (C=S) groups is 1. The Hall–Kier alpha value is -3.08. The number of benzene rings is 1. The second-order valence-corrected chi connectivity index (χ2v) is 8.08. The number of carbonyl (C=O) groups is 2. The number of aromatic nitrogens is 1. The zero-order chi connectivity index (χ0) is 23.4. The smallest absolute Gasteiger partial charge is 0.355 e. The minimum absolute atomic E-state index is 0.0689. The molecule has 1 N–H and O–H groups in total. The van der Waals surface area contributed by atoms with Gasteiger partial charge in [-0.05, 0) is 62.7 Å². The van der Waals surface area contributed by atoms with Gasteiger partial charge in [0, 0.05) is 18.4 Å². The lowest BCUT2D eigenvalue weighted by Gasteiger charge is -2.43. The Morgan fingerprint density at radius 2 is 1.91 bits per heavy atom. The first-order chi connectivity index (χ1) is 15.0. The van der Waals surface area contributed by atoms with Crippen molar-refractivity contribution in [1.29, 1.82) is 0 Å². The van der Waals surface area contributed by atoms with E-state index < -0.39 is 34.9 Å². The van der Waals surface area contributed by atoms with E-state index in [9.17, 15) is 27.2 Å². The predicted octanol–water partition coefficient (Wildman–Crippen LogP) is 3.97. The summed E-state index contributed by atoms with van der Waals surface area (Å²) < 4.78 is 54.8. The highest BCUT2D eigenvalue weighted by Gasteiger charge is 2.59. The summed E-state index contributed by atoms with van der Waals surface area (Å²) in [6.45, 7) is 1.23. The van der Waals surface area contributed by atoms with Gasteiger partial charge in [0.2, 0.25) is 0 Å². The molecule has 6 nitrogen and oxygen atoms in total. The summed E-state index contributed by atoms with van der Waals surface area (Å²) in [7, 11) is 1.37. The minimum Gasteiger partial charge on any atom is -0.355 e. The third kappa shape index (κ3) is 3.22. The van der Waals surface area contributed by atoms with Crippen molar-refractivity contribution in [2.24, 2.45) is 0 Å². The van der Waals surface area contributed by atoms with Crippen LogP contribution in [0.5, 0.6) is 0 Å². The Bertz CT molecular complexity index is 1150. The number of halogens is 4. The fraction of sp³-hybridized carbons (Fsp3) is 0.333. The Kier molecular flexibility index (Phi) is 5.19. The van der Waals surface area contributed by atoms with Gasteiger partial charge in [-0.25, -0.2) is 4.39 Å². The molecule has 0 radical (unpaired) electrons. The second kappa shape index (κ2) is 7.51. The van der Waals surface area contributed by atoms with Crippen molar-refractivity contribution in [3.8, 4) is 0 Å². The van der Waals surface area contributed by atoms with E-state index in [2.05, 4.69) is 10.3 Å². The van der Waals surface area contributed by atoms with Crippen LogP contribution in [-0.4, -0.2) is 34.5 Å². The monoisotopic (exact) mass is 466 g/mol. The highest BCUT2D eigenvalue weighted by atomic mass is 32.1. The molecule has 168 valence electrons. The molecule has 2 aromatic rings. The zero-order valence-electron chi connectivity index (χ0n) is 17.1. The van der Waals surface area contributed by atoms with Gasteiger partial charge in [-0.2, -0.15) is 13.2 Å². The first-order valence-corrected chi connectivity index (χ1v) is 10.2. The number of rotatable bonds is 3. The van der Waals surface area contributed by atoms with E-state index >= 15 is 0 Å². The number of anilines is 2. The lowest BCUT2D eigenvalue weighted by molar-refractivity contribution is -0.138. The van der Waals surface area contributed by atoms with Crippen molar-refractivity contribution in [3.63, 3.8) is 0 Å². The van der Waals surface area contributed by atoms with Crippen LogP contribution in [0.25, 0.3) is 0 Å². The van der Waals surface area contributed by atoms with E-state index in [0.29, 0.717) is 19.3 Å². The Morgan fingerprint density at radius 1 is 1.22 bits per heavy atom. The van der Waals surface area contributed by atoms with Crippen molar-refractivity contribution in [1.82, 2.24) is 10.3 Å². The summed E-state index contributed by atoms with van der Waals surface area (Å²) >= 11 is 5.49. The van der Waals surface area contributed by atoms with Crippen molar-refractivity contribution in [2.75, 3.05) is 16.8 Å². The van der Waals surface area contributed by atoms with Crippen LogP contribution in [0.3, 0.4) is 0 Å². The van der Waals surface area contributed by atoms with Gasteiger partial charge in [0.25, 0.3) is 11.8 Å². The molecule has 0 bridgehead atoms. The quantitative estimate of drug-likeness (QED) is 0.548. The molecule has 1 aliphatic carbocycles. The lowest BCUT2D eigenvalue weighted by atomic mass is 9.75. The van der Waals surface area contributed by atoms with Crippen LogP contribution in [0.1, 0.15) is 40.9 Å². The van der Waals surface area contributed by atoms with Gasteiger partial charge in [-0.15, -0.1) is 0 Å². The number of alkyl halides is 3. The summed E-state index contributed by atoms with van der Waals surface area (Å²) in [6, 6.07) is 4.69. The fourth-order valence-electron chi connectivity index (χ4n) is 4.10. The standard InChI is InChI=1S/C21H18F4N4O2S/c1-11-15(21(23,24)25)8-13(10-27-11)28-18(31)20(6-3-7-20)29(19(28)32)12-4-5-14(16(22)9-12)17(30)26-2/h4-5,8-10H,3,6-7H2,1-2H3,(H,26,30). The predicted molar refractivity (Wildman–Crippen MR) is 113 cm³/mol. The summed E-state index contributed by atoms with van der Waals surface area (Å²) in [5.41, 5.74) is -2.33. The summed E-state index contributed by atoms with van der Waals surface area (Å²) in [6.07, 6.45) is -1.96. The Balaban J connectivity index is 1.79. The van der Waals surface area contributed by atoms with E-state index in [1.54, 1.807) is 0 Å². The topological polar surface area (TPSA) is 65.5 Å². The van der Waals surface area contributed by atoms with Crippen LogP contribution < -0.4 is 15.1 Å². The van der Waals surface area contributed by atoms with Crippen molar-refractivity contribution in [3.05, 3.63) is 53.1 Å². The van der Waals surface area contributed by atoms with E-state index in [1.165, 1.54) is 37.2 Å². The van der Waals surface area contributed by atoms with Crippen LogP contribution in [0, 0.1) is 12.7 Å². The maximum Gasteiger partial charge on any atom is 0.418 e. The molecular formula is C21H18F4N4O2S. The van der Waals surface area contributed by atoms with Crippen molar-refractivity contribution >= 4 is 40.5 Å². The zero-order valence-corrected chi connectivity index (χ0v) is 17.9. The van der Waals surface area contributed by atoms with E-state index in [4.69, 9.17) is 12.2 Å². The number of nitrogens with one attached hydrogen (secondary N) is 1. The van der Waals surface area contributed by atoms with Gasteiger partial charge in [-0.3, -0.25) is 19.5 Å². The maximum absolute atomic E-state index is 14.6. The third-order valence-corrected chi connectivity index (χ3v) is 6.28. The summed E-state index contributed by atoms with van der Waals surface area (Å²) in [5, 5.41) is 2.27. The number of hydrogen-bond donors (Lipinski definition) is 1. The number of pyridine rings is 1. The van der Waals surface area contributed by atoms with Crippen LogP contribution in [0.15, 0.2) is 30.5 Å². The largest absolute Gasteiger partial charge is 0.418 e. The number of aryl methyl sites for hydroxylation is 1. The van der Waals surface area contributed by atoms with Gasteiger partial charge < -0.3 is 10.2 Å². The molecule has 1 saturated heterocycles. The molecule has 2 heterocycles. The normalized spacial score (nSPS) is 17.7. The van der Waals surface area contributed by atoms with Crippen LogP contribution in [-0.2, 0) is 11.0 Å². The highest BCUT2D eigenvalue weighted by molar-refractivity contribution is 7.81. The molecular weight excluding hydrogens is 448 g/mol. The molecule has 0 atom stereocenters. The minimum atomic E-state index is -4.65. The molecule has 1 aliphatic heterocycles. The van der Waals surface area contributed by atoms with Crippen LogP contribution in [0.2, 0.25) is 0 Å². The molecule has 2 amide bonds. The number of nitrogens with zero attached hydrogens (tertiary/aromatic N) is 3. The van der Waals surface area contributed by atoms with Crippen LogP contribution >= 0.6 is 12.2 Å². The first-order valence-electron chi connectivity index (χ1n) is 9.75. The molecule has 11 heteroatoms. The van der Waals surface area contributed by atoms with Crippen LogP contribution in [0.4, 0.5) is 28.9 Å². The fourth-order valence-corrected chi connectivity index (χ4v) is 4.57. The molecule has 0 unspecified atom stereocenters. The van der Waals surface area contributed by atoms with Gasteiger partial charge in [0.05, 0.1) is 23.0 Å². The SMILES string of the molecule is CNC(=O)c1ccc(N2C(=S)N(c3cnc(C)c(C(F)(F)F)c3)C(=O)C23CCC3)cc1F. The Labute approximate surface area is 186 Å². The third-order valence-electron chi connectivity index (χ3n) is 5.91. The maximum atomic E-state index is 14.6. The molecule has 4 rings (SSSR count). The molecule has 2 aliphatic rings. The molecule has 32 heavy (non-hydrogen) atoms. The van der Waals surface area contributed by atoms with Gasteiger partial charge in [0.15, 0.2) is 5.11 Å². The first kappa shape index (κ1) is 22.1.